The molecule has 7 N–H and O–H groups in total. The van der Waals surface area contributed by atoms with E-state index in [4.69, 9.17) is 11.5 Å². The molecule has 11 nitrogen and oxygen atoms in total. The van der Waals surface area contributed by atoms with Crippen LogP contribution in [0.3, 0.4) is 0 Å². The lowest BCUT2D eigenvalue weighted by Gasteiger charge is -2.30. The van der Waals surface area contributed by atoms with Gasteiger partial charge in [-0.15, -0.1) is 0 Å². The largest absolute Gasteiger partial charge is 0.480 e. The molecule has 0 aliphatic carbocycles. The summed E-state index contributed by atoms with van der Waals surface area (Å²) in [5.74, 6) is -3.70. The van der Waals surface area contributed by atoms with Gasteiger partial charge < -0.3 is 32.1 Å². The van der Waals surface area contributed by atoms with Crippen LogP contribution in [0.2, 0.25) is 0 Å². The summed E-state index contributed by atoms with van der Waals surface area (Å²) in [6.45, 7) is 3.85. The molecular formula is C19H33N5O6S. The summed E-state index contributed by atoms with van der Waals surface area (Å²) in [6.07, 6.45) is 1.49. The van der Waals surface area contributed by atoms with Crippen LogP contribution in [0.15, 0.2) is 0 Å². The number of hydrogen-bond donors (Lipinski definition) is 6. The number of amides is 4. The average molecular weight is 460 g/mol. The fraction of sp³-hybridized carbons (Fsp3) is 0.737. The molecule has 5 atom stereocenters. The number of hydrogen-bond acceptors (Lipinski definition) is 7. The summed E-state index contributed by atoms with van der Waals surface area (Å²) in [5, 5.41) is 14.4. The van der Waals surface area contributed by atoms with Crippen molar-refractivity contribution in [2.45, 2.75) is 70.1 Å². The molecule has 0 bridgehead atoms. The average Bonchev–Trinajstić information content (AvgIpc) is 3.22. The molecule has 1 aliphatic heterocycles. The Morgan fingerprint density at radius 1 is 1.23 bits per heavy atom. The predicted octanol–water partition coefficient (Wildman–Crippen LogP) is -1.40. The predicted molar refractivity (Wildman–Crippen MR) is 116 cm³/mol. The third kappa shape index (κ3) is 7.69. The van der Waals surface area contributed by atoms with Gasteiger partial charge in [0.2, 0.25) is 23.6 Å². The van der Waals surface area contributed by atoms with E-state index in [0.29, 0.717) is 25.8 Å². The van der Waals surface area contributed by atoms with E-state index in [2.05, 4.69) is 23.3 Å². The van der Waals surface area contributed by atoms with Crippen LogP contribution < -0.4 is 22.1 Å². The quantitative estimate of drug-likeness (QED) is 0.194. The zero-order valence-corrected chi connectivity index (χ0v) is 18.8. The number of carboxylic acid groups (broad SMARTS) is 1. The zero-order valence-electron chi connectivity index (χ0n) is 17.9. The molecule has 1 aliphatic rings. The second-order valence-corrected chi connectivity index (χ2v) is 8.12. The van der Waals surface area contributed by atoms with Crippen LogP contribution in [-0.4, -0.2) is 76.1 Å². The number of aliphatic carboxylic acids is 1. The number of rotatable bonds is 12. The van der Waals surface area contributed by atoms with Crippen molar-refractivity contribution < 1.29 is 29.1 Å². The first-order valence-corrected chi connectivity index (χ1v) is 10.9. The Balaban J connectivity index is 2.82. The first-order chi connectivity index (χ1) is 14.5. The van der Waals surface area contributed by atoms with Gasteiger partial charge in [0, 0.05) is 18.7 Å². The molecule has 5 unspecified atom stereocenters. The van der Waals surface area contributed by atoms with Crippen LogP contribution in [0.4, 0.5) is 0 Å². The molecule has 1 heterocycles. The van der Waals surface area contributed by atoms with Gasteiger partial charge in [0.05, 0.1) is 6.04 Å². The van der Waals surface area contributed by atoms with Gasteiger partial charge in [-0.25, -0.2) is 4.79 Å². The molecule has 0 radical (unpaired) electrons. The normalized spacial score (nSPS) is 19.7. The maximum Gasteiger partial charge on any atom is 0.326 e. The third-order valence-electron chi connectivity index (χ3n) is 5.45. The molecule has 1 rings (SSSR count). The standard InChI is InChI=1S/C19H33N5O6S/c1-3-10(2)15(19(29)30)23-17(27)13-5-4-8-24(13)18(28)12(9-31)22-16(26)11(20)6-7-14(21)25/h10-13,15,31H,3-9,20H2,1-2H3,(H2,21,25)(H,22,26)(H,23,27)(H,29,30). The number of likely N-dealkylation sites (tertiary alicyclic amines) is 1. The maximum atomic E-state index is 13.0. The van der Waals surface area contributed by atoms with E-state index in [9.17, 15) is 29.1 Å². The number of primary amides is 1. The monoisotopic (exact) mass is 459 g/mol. The fourth-order valence-corrected chi connectivity index (χ4v) is 3.58. The molecule has 4 amide bonds. The van der Waals surface area contributed by atoms with Gasteiger partial charge in [0.25, 0.3) is 0 Å². The summed E-state index contributed by atoms with van der Waals surface area (Å²) >= 11 is 4.12. The zero-order chi connectivity index (χ0) is 23.7. The minimum absolute atomic E-state index is 0.0252. The lowest BCUT2D eigenvalue weighted by molar-refractivity contribution is -0.145. The minimum Gasteiger partial charge on any atom is -0.480 e. The first-order valence-electron chi connectivity index (χ1n) is 10.3. The number of carbonyl (C=O) groups is 5. The number of nitrogens with two attached hydrogens (primary N) is 2. The molecule has 31 heavy (non-hydrogen) atoms. The Kier molecular flexibility index (Phi) is 10.8. The van der Waals surface area contributed by atoms with E-state index >= 15 is 0 Å². The molecule has 12 heteroatoms. The van der Waals surface area contributed by atoms with Gasteiger partial charge in [-0.2, -0.15) is 12.6 Å². The molecule has 0 aromatic heterocycles. The summed E-state index contributed by atoms with van der Waals surface area (Å²) < 4.78 is 0. The highest BCUT2D eigenvalue weighted by molar-refractivity contribution is 7.80. The number of carboxylic acids is 1. The summed E-state index contributed by atoms with van der Waals surface area (Å²) in [6, 6.07) is -3.93. The molecule has 0 aromatic rings. The van der Waals surface area contributed by atoms with Crippen molar-refractivity contribution >= 4 is 42.2 Å². The number of nitrogens with zero attached hydrogens (tertiary/aromatic N) is 1. The fourth-order valence-electron chi connectivity index (χ4n) is 3.33. The second-order valence-electron chi connectivity index (χ2n) is 7.75. The Bertz CT molecular complexity index is 691. The van der Waals surface area contributed by atoms with Gasteiger partial charge in [-0.1, -0.05) is 20.3 Å². The smallest absolute Gasteiger partial charge is 0.326 e. The van der Waals surface area contributed by atoms with Gasteiger partial charge in [0.1, 0.15) is 18.1 Å². The Hall–Kier alpha value is -2.34. The van der Waals surface area contributed by atoms with Crippen molar-refractivity contribution in [3.63, 3.8) is 0 Å². The van der Waals surface area contributed by atoms with Crippen LogP contribution in [0.1, 0.15) is 46.0 Å². The number of thiol groups is 1. The number of nitrogens with one attached hydrogen (secondary N) is 2. The van der Waals surface area contributed by atoms with Crippen molar-refractivity contribution in [3.8, 4) is 0 Å². The van der Waals surface area contributed by atoms with Crippen LogP contribution in [0, 0.1) is 5.92 Å². The molecule has 0 aromatic carbocycles. The van der Waals surface area contributed by atoms with Gasteiger partial charge in [-0.05, 0) is 25.2 Å². The third-order valence-corrected chi connectivity index (χ3v) is 5.82. The molecule has 176 valence electrons. The molecule has 0 saturated carbocycles. The highest BCUT2D eigenvalue weighted by Gasteiger charge is 2.39. The Morgan fingerprint density at radius 2 is 1.87 bits per heavy atom. The van der Waals surface area contributed by atoms with Crippen molar-refractivity contribution in [3.05, 3.63) is 0 Å². The van der Waals surface area contributed by atoms with Crippen molar-refractivity contribution in [1.29, 1.82) is 0 Å². The molecule has 1 saturated heterocycles. The van der Waals surface area contributed by atoms with E-state index < -0.39 is 53.8 Å². The lowest BCUT2D eigenvalue weighted by atomic mass is 9.98. The summed E-state index contributed by atoms with van der Waals surface area (Å²) in [7, 11) is 0. The maximum absolute atomic E-state index is 13.0. The van der Waals surface area contributed by atoms with Crippen LogP contribution >= 0.6 is 12.6 Å². The van der Waals surface area contributed by atoms with Gasteiger partial charge in [0.15, 0.2) is 0 Å². The second kappa shape index (κ2) is 12.5. The SMILES string of the molecule is CCC(C)C(NC(=O)C1CCCN1C(=O)C(CS)NC(=O)C(N)CCC(N)=O)C(=O)O. The van der Waals surface area contributed by atoms with E-state index in [1.165, 1.54) is 4.90 Å². The molecule has 0 spiro atoms. The van der Waals surface area contributed by atoms with Gasteiger partial charge in [-0.3, -0.25) is 19.2 Å². The Labute approximate surface area is 187 Å². The molecular weight excluding hydrogens is 426 g/mol. The summed E-state index contributed by atoms with van der Waals surface area (Å²) in [5.41, 5.74) is 10.8. The van der Waals surface area contributed by atoms with Crippen LogP contribution in [-0.2, 0) is 24.0 Å². The minimum atomic E-state index is -1.14. The molecule has 1 fully saturated rings. The topological polar surface area (TPSA) is 185 Å². The highest BCUT2D eigenvalue weighted by Crippen LogP contribution is 2.20. The van der Waals surface area contributed by atoms with E-state index in [1.807, 2.05) is 6.92 Å². The van der Waals surface area contributed by atoms with E-state index in [1.54, 1.807) is 6.92 Å². The van der Waals surface area contributed by atoms with E-state index in [-0.39, 0.29) is 24.5 Å². The Morgan fingerprint density at radius 3 is 2.39 bits per heavy atom. The van der Waals surface area contributed by atoms with Crippen molar-refractivity contribution in [1.82, 2.24) is 15.5 Å². The summed E-state index contributed by atoms with van der Waals surface area (Å²) in [4.78, 5) is 61.7. The van der Waals surface area contributed by atoms with Crippen LogP contribution in [0.5, 0.6) is 0 Å². The highest BCUT2D eigenvalue weighted by atomic mass is 32.1. The van der Waals surface area contributed by atoms with Crippen molar-refractivity contribution in [2.24, 2.45) is 17.4 Å². The first kappa shape index (κ1) is 26.7. The van der Waals surface area contributed by atoms with Gasteiger partial charge >= 0.3 is 5.97 Å². The van der Waals surface area contributed by atoms with E-state index in [0.717, 1.165) is 0 Å². The van der Waals surface area contributed by atoms with Crippen LogP contribution in [0.25, 0.3) is 0 Å². The lowest BCUT2D eigenvalue weighted by Crippen LogP contribution is -2.57. The number of carbonyl (C=O) groups excluding carboxylic acids is 4. The van der Waals surface area contributed by atoms with Crippen molar-refractivity contribution in [2.75, 3.05) is 12.3 Å².